The summed E-state index contributed by atoms with van der Waals surface area (Å²) in [7, 11) is 0. The van der Waals surface area contributed by atoms with Gasteiger partial charge in [-0.2, -0.15) is 0 Å². The highest BCUT2D eigenvalue weighted by atomic mass is 16.6. The fourth-order valence-corrected chi connectivity index (χ4v) is 2.79. The SMILES string of the molecule is C#CC1(OC(=O)C(=C)C)c2ccccc2C(=O)c2ccccc21. The lowest BCUT2D eigenvalue weighted by Crippen LogP contribution is -2.39. The Morgan fingerprint density at radius 1 is 1.09 bits per heavy atom. The summed E-state index contributed by atoms with van der Waals surface area (Å²) in [5.74, 6) is 1.87. The van der Waals surface area contributed by atoms with Crippen molar-refractivity contribution in [1.29, 1.82) is 0 Å². The minimum Gasteiger partial charge on any atom is -0.434 e. The number of hydrogen-bond acceptors (Lipinski definition) is 3. The van der Waals surface area contributed by atoms with Gasteiger partial charge in [-0.1, -0.05) is 55.1 Å². The summed E-state index contributed by atoms with van der Waals surface area (Å²) < 4.78 is 5.66. The van der Waals surface area contributed by atoms with Crippen LogP contribution >= 0.6 is 0 Å². The lowest BCUT2D eigenvalue weighted by Gasteiger charge is -2.35. The van der Waals surface area contributed by atoms with Gasteiger partial charge in [-0.15, -0.1) is 6.42 Å². The number of carbonyl (C=O) groups excluding carboxylic acids is 2. The van der Waals surface area contributed by atoms with Crippen LogP contribution in [-0.4, -0.2) is 11.8 Å². The summed E-state index contributed by atoms with van der Waals surface area (Å²) >= 11 is 0. The highest BCUT2D eigenvalue weighted by Gasteiger charge is 2.45. The standard InChI is InChI=1S/C20H14O3/c1-4-20(23-19(22)13(2)3)16-11-7-5-9-14(16)18(21)15-10-6-8-12-17(15)20/h1,5-12H,2H2,3H3. The summed E-state index contributed by atoms with van der Waals surface area (Å²) in [5, 5.41) is 0. The Kier molecular flexibility index (Phi) is 3.38. The van der Waals surface area contributed by atoms with E-state index < -0.39 is 11.6 Å². The van der Waals surface area contributed by atoms with Gasteiger partial charge in [0.25, 0.3) is 0 Å². The minimum atomic E-state index is -1.43. The van der Waals surface area contributed by atoms with Gasteiger partial charge in [0.05, 0.1) is 0 Å². The third-order valence-corrected chi connectivity index (χ3v) is 3.90. The Morgan fingerprint density at radius 2 is 1.57 bits per heavy atom. The molecule has 1 aliphatic rings. The van der Waals surface area contributed by atoms with Gasteiger partial charge in [-0.25, -0.2) is 4.79 Å². The number of hydrogen-bond donors (Lipinski definition) is 0. The normalized spacial score (nSPS) is 14.2. The second kappa shape index (κ2) is 5.26. The number of rotatable bonds is 2. The molecule has 0 aliphatic heterocycles. The maximum Gasteiger partial charge on any atom is 0.335 e. The van der Waals surface area contributed by atoms with E-state index in [-0.39, 0.29) is 11.4 Å². The fourth-order valence-electron chi connectivity index (χ4n) is 2.79. The molecule has 0 fully saturated rings. The van der Waals surface area contributed by atoms with Gasteiger partial charge in [-0.05, 0) is 12.8 Å². The molecule has 0 bridgehead atoms. The fraction of sp³-hybridized carbons (Fsp3) is 0.100. The maximum atomic E-state index is 12.7. The molecule has 23 heavy (non-hydrogen) atoms. The summed E-state index contributed by atoms with van der Waals surface area (Å²) in [6.07, 6.45) is 5.79. The van der Waals surface area contributed by atoms with Crippen LogP contribution in [0.2, 0.25) is 0 Å². The maximum absolute atomic E-state index is 12.7. The third-order valence-electron chi connectivity index (χ3n) is 3.90. The van der Waals surface area contributed by atoms with Gasteiger partial charge in [-0.3, -0.25) is 4.79 Å². The van der Waals surface area contributed by atoms with E-state index >= 15 is 0 Å². The molecule has 3 heteroatoms. The number of benzene rings is 2. The zero-order chi connectivity index (χ0) is 16.6. The van der Waals surface area contributed by atoms with Gasteiger partial charge in [0.15, 0.2) is 5.78 Å². The summed E-state index contributed by atoms with van der Waals surface area (Å²) in [4.78, 5) is 24.9. The molecule has 0 saturated carbocycles. The Bertz CT molecular complexity index is 834. The molecule has 0 N–H and O–H groups in total. The molecule has 3 nitrogen and oxygen atoms in total. The smallest absolute Gasteiger partial charge is 0.335 e. The lowest BCUT2D eigenvalue weighted by molar-refractivity contribution is -0.147. The molecule has 2 aromatic carbocycles. The Balaban J connectivity index is 2.33. The van der Waals surface area contributed by atoms with E-state index in [0.29, 0.717) is 22.3 Å². The van der Waals surface area contributed by atoms with Gasteiger partial charge >= 0.3 is 5.97 Å². The van der Waals surface area contributed by atoms with Crippen molar-refractivity contribution in [3.63, 3.8) is 0 Å². The average Bonchev–Trinajstić information content (AvgIpc) is 2.58. The van der Waals surface area contributed by atoms with Crippen LogP contribution in [-0.2, 0) is 15.1 Å². The second-order valence-electron chi connectivity index (χ2n) is 5.42. The van der Waals surface area contributed by atoms with Crippen molar-refractivity contribution in [2.45, 2.75) is 12.5 Å². The van der Waals surface area contributed by atoms with E-state index in [9.17, 15) is 9.59 Å². The first kappa shape index (κ1) is 14.8. The molecule has 0 radical (unpaired) electrons. The van der Waals surface area contributed by atoms with Gasteiger partial charge in [0.1, 0.15) is 0 Å². The Labute approximate surface area is 134 Å². The van der Waals surface area contributed by atoms with Crippen LogP contribution in [0.1, 0.15) is 34.0 Å². The zero-order valence-electron chi connectivity index (χ0n) is 12.6. The van der Waals surface area contributed by atoms with E-state index in [4.69, 9.17) is 11.2 Å². The van der Waals surface area contributed by atoms with Crippen LogP contribution in [0.4, 0.5) is 0 Å². The molecule has 0 amide bonds. The van der Waals surface area contributed by atoms with Gasteiger partial charge < -0.3 is 4.74 Å². The number of terminal acetylenes is 1. The topological polar surface area (TPSA) is 43.4 Å². The molecule has 0 unspecified atom stereocenters. The zero-order valence-corrected chi connectivity index (χ0v) is 12.6. The third kappa shape index (κ3) is 2.08. The molecule has 0 heterocycles. The monoisotopic (exact) mass is 302 g/mol. The first-order valence-corrected chi connectivity index (χ1v) is 7.11. The van der Waals surface area contributed by atoms with Crippen LogP contribution < -0.4 is 0 Å². The summed E-state index contributed by atoms with van der Waals surface area (Å²) in [6.45, 7) is 5.16. The summed E-state index contributed by atoms with van der Waals surface area (Å²) in [5.41, 5.74) is 0.697. The molecule has 1 aliphatic carbocycles. The summed E-state index contributed by atoms with van der Waals surface area (Å²) in [6, 6.07) is 13.9. The first-order valence-electron chi connectivity index (χ1n) is 7.11. The molecule has 0 spiro atoms. The molecule has 0 saturated heterocycles. The van der Waals surface area contributed by atoms with Crippen LogP contribution in [0, 0.1) is 12.3 Å². The molecular weight excluding hydrogens is 288 g/mol. The van der Waals surface area contributed by atoms with Crippen molar-refractivity contribution in [3.05, 3.63) is 82.9 Å². The van der Waals surface area contributed by atoms with E-state index in [2.05, 4.69) is 12.5 Å². The van der Waals surface area contributed by atoms with Crippen LogP contribution in [0.5, 0.6) is 0 Å². The van der Waals surface area contributed by atoms with Crippen molar-refractivity contribution >= 4 is 11.8 Å². The van der Waals surface area contributed by atoms with Crippen LogP contribution in [0.3, 0.4) is 0 Å². The highest BCUT2D eigenvalue weighted by molar-refractivity contribution is 6.13. The van der Waals surface area contributed by atoms with Gasteiger partial charge in [0, 0.05) is 27.8 Å². The van der Waals surface area contributed by atoms with Crippen molar-refractivity contribution in [1.82, 2.24) is 0 Å². The lowest BCUT2D eigenvalue weighted by atomic mass is 9.74. The largest absolute Gasteiger partial charge is 0.434 e. The molecule has 0 aromatic heterocycles. The van der Waals surface area contributed by atoms with Crippen LogP contribution in [0.25, 0.3) is 0 Å². The Morgan fingerprint density at radius 3 is 2.00 bits per heavy atom. The van der Waals surface area contributed by atoms with Gasteiger partial charge in [0.2, 0.25) is 5.60 Å². The van der Waals surface area contributed by atoms with Crippen molar-refractivity contribution in [3.8, 4) is 12.3 Å². The number of esters is 1. The molecule has 0 atom stereocenters. The van der Waals surface area contributed by atoms with Crippen LogP contribution in [0.15, 0.2) is 60.7 Å². The average molecular weight is 302 g/mol. The number of ketones is 1. The molecule has 3 rings (SSSR count). The van der Waals surface area contributed by atoms with E-state index in [1.807, 2.05) is 0 Å². The Hall–Kier alpha value is -3.12. The van der Waals surface area contributed by atoms with E-state index in [0.717, 1.165) is 0 Å². The predicted molar refractivity (Wildman–Crippen MR) is 86.8 cm³/mol. The van der Waals surface area contributed by atoms with E-state index in [1.54, 1.807) is 55.5 Å². The molecule has 2 aromatic rings. The number of ether oxygens (including phenoxy) is 1. The number of carbonyl (C=O) groups is 2. The highest BCUT2D eigenvalue weighted by Crippen LogP contribution is 2.42. The first-order chi connectivity index (χ1) is 11.0. The molecular formula is C20H14O3. The van der Waals surface area contributed by atoms with E-state index in [1.165, 1.54) is 0 Å². The minimum absolute atomic E-state index is 0.131. The predicted octanol–water partition coefficient (Wildman–Crippen LogP) is 3.23. The quantitative estimate of drug-likeness (QED) is 0.486. The van der Waals surface area contributed by atoms with Crippen molar-refractivity contribution in [2.75, 3.05) is 0 Å². The van der Waals surface area contributed by atoms with Crippen molar-refractivity contribution in [2.24, 2.45) is 0 Å². The number of fused-ring (bicyclic) bond motifs is 2. The second-order valence-corrected chi connectivity index (χ2v) is 5.42. The molecule has 112 valence electrons. The van der Waals surface area contributed by atoms with Crippen molar-refractivity contribution < 1.29 is 14.3 Å².